The van der Waals surface area contributed by atoms with Crippen LogP contribution in [0, 0.1) is 5.41 Å². The van der Waals surface area contributed by atoms with E-state index in [4.69, 9.17) is 9.88 Å². The van der Waals surface area contributed by atoms with E-state index in [2.05, 4.69) is 29.5 Å². The van der Waals surface area contributed by atoms with Gasteiger partial charge in [0, 0.05) is 31.7 Å². The molecular formula is C20H34N4O3S. The van der Waals surface area contributed by atoms with Crippen LogP contribution < -0.4 is 15.8 Å². The van der Waals surface area contributed by atoms with Gasteiger partial charge in [0.05, 0.1) is 11.0 Å². The van der Waals surface area contributed by atoms with Gasteiger partial charge in [-0.1, -0.05) is 26.0 Å². The number of guanidine groups is 1. The standard InChI is InChI=1S/C20H34N4O3S/c1-5-20(6-2)17(14-18(20)27-7-3)24-19(22-4)23-13-12-15-8-10-16(11-9-15)28(21,25)26/h8-11,17-18H,5-7,12-14H2,1-4H3,(H2,21,25,26)(H2,22,23,24). The number of nitrogens with one attached hydrogen (secondary N) is 2. The van der Waals surface area contributed by atoms with E-state index in [-0.39, 0.29) is 10.3 Å². The second kappa shape index (κ2) is 9.71. The Labute approximate surface area is 169 Å². The Hall–Kier alpha value is -1.64. The molecule has 28 heavy (non-hydrogen) atoms. The van der Waals surface area contributed by atoms with Gasteiger partial charge >= 0.3 is 0 Å². The molecule has 2 rings (SSSR count). The van der Waals surface area contributed by atoms with E-state index in [9.17, 15) is 8.42 Å². The molecule has 7 nitrogen and oxygen atoms in total. The first-order valence-electron chi connectivity index (χ1n) is 10.0. The van der Waals surface area contributed by atoms with Gasteiger partial charge in [-0.15, -0.1) is 0 Å². The topological polar surface area (TPSA) is 106 Å². The lowest BCUT2D eigenvalue weighted by molar-refractivity contribution is -0.133. The van der Waals surface area contributed by atoms with Crippen LogP contribution in [0.5, 0.6) is 0 Å². The molecule has 0 heterocycles. The monoisotopic (exact) mass is 410 g/mol. The predicted molar refractivity (Wildman–Crippen MR) is 113 cm³/mol. The minimum Gasteiger partial charge on any atom is -0.378 e. The normalized spacial score (nSPS) is 21.8. The van der Waals surface area contributed by atoms with Crippen LogP contribution in [-0.2, 0) is 21.2 Å². The lowest BCUT2D eigenvalue weighted by atomic mass is 9.58. The highest BCUT2D eigenvalue weighted by Crippen LogP contribution is 2.48. The van der Waals surface area contributed by atoms with Crippen LogP contribution in [0.25, 0.3) is 0 Å². The van der Waals surface area contributed by atoms with Crippen LogP contribution in [0.3, 0.4) is 0 Å². The third-order valence-electron chi connectivity index (χ3n) is 5.96. The molecule has 0 radical (unpaired) electrons. The van der Waals surface area contributed by atoms with Crippen molar-refractivity contribution >= 4 is 16.0 Å². The fourth-order valence-electron chi connectivity index (χ4n) is 4.11. The van der Waals surface area contributed by atoms with Crippen LogP contribution in [-0.4, -0.2) is 46.7 Å². The molecule has 8 heteroatoms. The number of hydrogen-bond donors (Lipinski definition) is 3. The van der Waals surface area contributed by atoms with Gasteiger partial charge in [-0.25, -0.2) is 13.6 Å². The van der Waals surface area contributed by atoms with Crippen LogP contribution >= 0.6 is 0 Å². The fourth-order valence-corrected chi connectivity index (χ4v) is 4.63. The van der Waals surface area contributed by atoms with Gasteiger partial charge in [-0.05, 0) is 50.3 Å². The van der Waals surface area contributed by atoms with Crippen LogP contribution in [0.15, 0.2) is 34.2 Å². The number of rotatable bonds is 9. The summed E-state index contributed by atoms with van der Waals surface area (Å²) in [6, 6.07) is 7.00. The van der Waals surface area contributed by atoms with Gasteiger partial charge in [0.2, 0.25) is 10.0 Å². The van der Waals surface area contributed by atoms with E-state index < -0.39 is 10.0 Å². The van der Waals surface area contributed by atoms with Crippen molar-refractivity contribution in [2.24, 2.45) is 15.5 Å². The van der Waals surface area contributed by atoms with E-state index >= 15 is 0 Å². The molecule has 0 spiro atoms. The van der Waals surface area contributed by atoms with Gasteiger partial charge in [0.15, 0.2) is 5.96 Å². The van der Waals surface area contributed by atoms with Crippen molar-refractivity contribution in [3.63, 3.8) is 0 Å². The Morgan fingerprint density at radius 2 is 1.89 bits per heavy atom. The zero-order chi connectivity index (χ0) is 20.8. The second-order valence-electron chi connectivity index (χ2n) is 7.25. The smallest absolute Gasteiger partial charge is 0.238 e. The molecule has 1 fully saturated rings. The van der Waals surface area contributed by atoms with E-state index in [1.807, 2.05) is 6.92 Å². The van der Waals surface area contributed by atoms with Crippen molar-refractivity contribution in [3.8, 4) is 0 Å². The lowest BCUT2D eigenvalue weighted by Crippen LogP contribution is -2.65. The molecule has 2 unspecified atom stereocenters. The summed E-state index contributed by atoms with van der Waals surface area (Å²) in [5.41, 5.74) is 1.18. The SMILES string of the molecule is CCOC1CC(NC(=NC)NCCc2ccc(S(N)(=O)=O)cc2)C1(CC)CC. The molecule has 0 saturated heterocycles. The molecule has 1 aliphatic carbocycles. The second-order valence-corrected chi connectivity index (χ2v) is 8.82. The molecule has 1 aromatic carbocycles. The zero-order valence-electron chi connectivity index (χ0n) is 17.4. The molecule has 0 bridgehead atoms. The van der Waals surface area contributed by atoms with E-state index in [1.165, 1.54) is 12.1 Å². The number of nitrogens with zero attached hydrogens (tertiary/aromatic N) is 1. The highest BCUT2D eigenvalue weighted by atomic mass is 32.2. The maximum Gasteiger partial charge on any atom is 0.238 e. The van der Waals surface area contributed by atoms with Crippen molar-refractivity contribution in [2.45, 2.75) is 63.5 Å². The first-order valence-corrected chi connectivity index (χ1v) is 11.6. The Morgan fingerprint density at radius 1 is 1.25 bits per heavy atom. The molecule has 1 saturated carbocycles. The minimum atomic E-state index is -3.65. The van der Waals surface area contributed by atoms with Crippen LogP contribution in [0.4, 0.5) is 0 Å². The van der Waals surface area contributed by atoms with E-state index in [1.54, 1.807) is 19.2 Å². The summed E-state index contributed by atoms with van der Waals surface area (Å²) in [5.74, 6) is 0.785. The number of ether oxygens (including phenoxy) is 1. The highest BCUT2D eigenvalue weighted by molar-refractivity contribution is 7.89. The summed E-state index contributed by atoms with van der Waals surface area (Å²) in [6.45, 7) is 7.94. The number of benzene rings is 1. The van der Waals surface area contributed by atoms with Gasteiger partial charge in [-0.3, -0.25) is 4.99 Å². The molecule has 1 aliphatic rings. The number of nitrogens with two attached hydrogens (primary N) is 1. The minimum absolute atomic E-state index is 0.131. The quantitative estimate of drug-likeness (QED) is 0.427. The van der Waals surface area contributed by atoms with Crippen LogP contribution in [0.1, 0.15) is 45.6 Å². The molecule has 0 amide bonds. The van der Waals surface area contributed by atoms with Crippen molar-refractivity contribution in [3.05, 3.63) is 29.8 Å². The maximum absolute atomic E-state index is 11.3. The molecule has 2 atom stereocenters. The Morgan fingerprint density at radius 3 is 2.39 bits per heavy atom. The molecule has 158 valence electrons. The molecule has 4 N–H and O–H groups in total. The van der Waals surface area contributed by atoms with Crippen molar-refractivity contribution in [1.82, 2.24) is 10.6 Å². The van der Waals surface area contributed by atoms with Gasteiger partial charge in [-0.2, -0.15) is 0 Å². The fraction of sp³-hybridized carbons (Fsp3) is 0.650. The summed E-state index contributed by atoms with van der Waals surface area (Å²) >= 11 is 0. The van der Waals surface area contributed by atoms with E-state index in [0.717, 1.165) is 43.8 Å². The first kappa shape index (κ1) is 22.6. The summed E-state index contributed by atoms with van der Waals surface area (Å²) in [6.07, 6.45) is 4.19. The summed E-state index contributed by atoms with van der Waals surface area (Å²) < 4.78 is 28.6. The van der Waals surface area contributed by atoms with Crippen molar-refractivity contribution < 1.29 is 13.2 Å². The Bertz CT molecular complexity index is 758. The third kappa shape index (κ3) is 5.04. The zero-order valence-corrected chi connectivity index (χ0v) is 18.2. The Kier molecular flexibility index (Phi) is 7.86. The number of aliphatic imine (C=N–C) groups is 1. The first-order chi connectivity index (χ1) is 13.3. The summed E-state index contributed by atoms with van der Waals surface area (Å²) in [4.78, 5) is 4.48. The van der Waals surface area contributed by atoms with Crippen LogP contribution in [0.2, 0.25) is 0 Å². The molecule has 1 aromatic rings. The van der Waals surface area contributed by atoms with Gasteiger partial charge < -0.3 is 15.4 Å². The maximum atomic E-state index is 11.3. The number of sulfonamides is 1. The largest absolute Gasteiger partial charge is 0.378 e. The molecule has 0 aliphatic heterocycles. The lowest BCUT2D eigenvalue weighted by Gasteiger charge is -2.55. The van der Waals surface area contributed by atoms with Crippen molar-refractivity contribution in [2.75, 3.05) is 20.2 Å². The average molecular weight is 411 g/mol. The van der Waals surface area contributed by atoms with Crippen molar-refractivity contribution in [1.29, 1.82) is 0 Å². The van der Waals surface area contributed by atoms with E-state index in [0.29, 0.717) is 18.7 Å². The average Bonchev–Trinajstić information content (AvgIpc) is 2.66. The van der Waals surface area contributed by atoms with Gasteiger partial charge in [0.1, 0.15) is 0 Å². The Balaban J connectivity index is 1.88. The van der Waals surface area contributed by atoms with Gasteiger partial charge in [0.25, 0.3) is 0 Å². The summed E-state index contributed by atoms with van der Waals surface area (Å²) in [5, 5.41) is 12.0. The predicted octanol–water partition coefficient (Wildman–Crippen LogP) is 2.03. The number of primary sulfonamides is 1. The highest BCUT2D eigenvalue weighted by Gasteiger charge is 2.53. The number of hydrogen-bond acceptors (Lipinski definition) is 4. The summed E-state index contributed by atoms with van der Waals surface area (Å²) in [7, 11) is -1.88. The molecule has 0 aromatic heterocycles. The molecular weight excluding hydrogens is 376 g/mol. The third-order valence-corrected chi connectivity index (χ3v) is 6.89.